The van der Waals surface area contributed by atoms with Crippen molar-refractivity contribution in [2.45, 2.75) is 101 Å². The molecule has 0 radical (unpaired) electrons. The second-order valence-corrected chi connectivity index (χ2v) is 14.1. The van der Waals surface area contributed by atoms with Gasteiger partial charge in [0.15, 0.2) is 0 Å². The Morgan fingerprint density at radius 1 is 0.786 bits per heavy atom. The van der Waals surface area contributed by atoms with Crippen LogP contribution in [0.25, 0.3) is 0 Å². The van der Waals surface area contributed by atoms with Crippen LogP contribution in [-0.4, -0.2) is 107 Å². The molecule has 0 atom stereocenters. The van der Waals surface area contributed by atoms with Gasteiger partial charge in [0.05, 0.1) is 0 Å². The molecule has 0 aromatic rings. The monoisotopic (exact) mass is 658 g/mol. The lowest BCUT2D eigenvalue weighted by Crippen LogP contribution is -2.46. The molecule has 3 heterocycles. The maximum atomic E-state index is 11.4. The molecule has 244 valence electrons. The average Bonchev–Trinajstić information content (AvgIpc) is 2.88. The summed E-state index contributed by atoms with van der Waals surface area (Å²) in [4.78, 5) is 48.2. The highest BCUT2D eigenvalue weighted by molar-refractivity contribution is 6.67. The van der Waals surface area contributed by atoms with Crippen molar-refractivity contribution in [2.24, 2.45) is 5.73 Å². The summed E-state index contributed by atoms with van der Waals surface area (Å²) in [6, 6.07) is 0.574. The van der Waals surface area contributed by atoms with E-state index in [1.807, 2.05) is 25.7 Å². The van der Waals surface area contributed by atoms with Crippen LogP contribution in [0.1, 0.15) is 73.1 Å². The first-order valence-electron chi connectivity index (χ1n) is 14.4. The molecule has 0 saturated carbocycles. The largest absolute Gasteiger partial charge is 0.445 e. The number of nitrogens with two attached hydrogens (primary N) is 1. The molecule has 5 N–H and O–H groups in total. The number of amides is 4. The Balaban J connectivity index is 0.000000328. The summed E-state index contributed by atoms with van der Waals surface area (Å²) in [5, 5.41) is 8.79. The van der Waals surface area contributed by atoms with E-state index in [4.69, 9.17) is 50.0 Å². The Hall–Kier alpha value is -1.73. The molecule has 3 saturated heterocycles. The Morgan fingerprint density at radius 2 is 1.21 bits per heavy atom. The molecule has 3 fully saturated rings. The minimum absolute atomic E-state index is 0.0107. The number of rotatable bonds is 3. The number of alkyl halides is 3. The van der Waals surface area contributed by atoms with E-state index < -0.39 is 15.5 Å². The number of halogens is 3. The van der Waals surface area contributed by atoms with Crippen LogP contribution in [0, 0.1) is 0 Å². The Bertz CT molecular complexity index is 848. The minimum atomic E-state index is -1.60. The third kappa shape index (κ3) is 18.7. The first kappa shape index (κ1) is 38.3. The zero-order valence-electron chi connectivity index (χ0n) is 25.5. The highest BCUT2D eigenvalue weighted by Gasteiger charge is 2.25. The van der Waals surface area contributed by atoms with Crippen molar-refractivity contribution in [3.05, 3.63) is 0 Å². The van der Waals surface area contributed by atoms with Crippen LogP contribution in [0.4, 0.5) is 9.59 Å². The maximum absolute atomic E-state index is 11.4. The molecule has 0 spiro atoms. The molecule has 0 aliphatic carbocycles. The lowest BCUT2D eigenvalue weighted by molar-refractivity contribution is -0.130. The minimum Gasteiger partial charge on any atom is -0.445 e. The van der Waals surface area contributed by atoms with Crippen LogP contribution in [0.5, 0.6) is 0 Å². The molecule has 3 aliphatic heterocycles. The molecule has 0 unspecified atom stereocenters. The van der Waals surface area contributed by atoms with Gasteiger partial charge in [-0.05, 0) is 72.4 Å². The van der Waals surface area contributed by atoms with E-state index in [9.17, 15) is 19.2 Å². The van der Waals surface area contributed by atoms with Crippen LogP contribution in [0.2, 0.25) is 0 Å². The quantitative estimate of drug-likeness (QED) is 0.337. The van der Waals surface area contributed by atoms with Crippen molar-refractivity contribution in [1.82, 2.24) is 25.8 Å². The van der Waals surface area contributed by atoms with Crippen molar-refractivity contribution in [3.63, 3.8) is 0 Å². The average molecular weight is 660 g/mol. The number of alkyl carbamates (subject to hydrolysis) is 2. The fraction of sp³-hybridized carbons (Fsp3) is 0.852. The van der Waals surface area contributed by atoms with Gasteiger partial charge >= 0.3 is 12.2 Å². The van der Waals surface area contributed by atoms with Crippen molar-refractivity contribution in [2.75, 3.05) is 45.9 Å². The van der Waals surface area contributed by atoms with Gasteiger partial charge < -0.3 is 41.0 Å². The summed E-state index contributed by atoms with van der Waals surface area (Å²) >= 11 is 16.4. The standard InChI is InChI=1S/C10H15Cl3N2O3.C10H20N2O2.C7H14N2O/c1-7(16)15-4-2-8(3-5-15)14-9(17)18-6-10(11,12)13;1-10(2,3)14-9(13)12-8-4-6-11-7-5-8;1-6(10)9-4-2-7(8)3-5-9/h8H,2-6H2,1H3,(H,14,17);8,11H,4-7H2,1-3H3,(H,12,13);7H,2-5,8H2,1H3. The number of likely N-dealkylation sites (tertiary alicyclic amines) is 2. The summed E-state index contributed by atoms with van der Waals surface area (Å²) in [7, 11) is 0. The van der Waals surface area contributed by atoms with Gasteiger partial charge in [0.25, 0.3) is 0 Å². The number of carbonyl (C=O) groups is 4. The third-order valence-electron chi connectivity index (χ3n) is 6.67. The van der Waals surface area contributed by atoms with E-state index in [-0.39, 0.29) is 36.6 Å². The van der Waals surface area contributed by atoms with Crippen molar-refractivity contribution >= 4 is 58.8 Å². The van der Waals surface area contributed by atoms with E-state index in [0.29, 0.717) is 32.0 Å². The molecule has 3 aliphatic rings. The number of piperidine rings is 3. The van der Waals surface area contributed by atoms with Crippen molar-refractivity contribution in [3.8, 4) is 0 Å². The van der Waals surface area contributed by atoms with Gasteiger partial charge in [0.2, 0.25) is 15.6 Å². The van der Waals surface area contributed by atoms with E-state index in [2.05, 4.69) is 16.0 Å². The third-order valence-corrected chi connectivity index (χ3v) is 7.00. The zero-order chi connectivity index (χ0) is 31.9. The summed E-state index contributed by atoms with van der Waals surface area (Å²) in [6.45, 7) is 13.3. The molecule has 3 rings (SSSR count). The topological polar surface area (TPSA) is 155 Å². The molecular weight excluding hydrogens is 611 g/mol. The van der Waals surface area contributed by atoms with Gasteiger partial charge in [-0.2, -0.15) is 0 Å². The lowest BCUT2D eigenvalue weighted by atomic mass is 10.1. The molecule has 0 aromatic carbocycles. The molecule has 12 nitrogen and oxygen atoms in total. The SMILES string of the molecule is CC(=O)N1CCC(N)CC1.CC(=O)N1CCC(NC(=O)OCC(Cl)(Cl)Cl)CC1.CC(C)(C)OC(=O)NC1CCNCC1. The lowest BCUT2D eigenvalue weighted by Gasteiger charge is -2.31. The number of ether oxygens (including phenoxy) is 2. The van der Waals surface area contributed by atoms with Crippen molar-refractivity contribution < 1.29 is 28.7 Å². The van der Waals surface area contributed by atoms with Gasteiger partial charge in [-0.1, -0.05) is 34.8 Å². The Morgan fingerprint density at radius 3 is 1.64 bits per heavy atom. The van der Waals surface area contributed by atoms with Gasteiger partial charge in [-0.15, -0.1) is 0 Å². The number of hydrogen-bond acceptors (Lipinski definition) is 8. The molecule has 0 aromatic heterocycles. The number of nitrogens with one attached hydrogen (secondary N) is 3. The zero-order valence-corrected chi connectivity index (χ0v) is 27.7. The fourth-order valence-corrected chi connectivity index (χ4v) is 4.51. The fourth-order valence-electron chi connectivity index (χ4n) is 4.35. The maximum Gasteiger partial charge on any atom is 0.407 e. The van der Waals surface area contributed by atoms with Crippen LogP contribution in [0.3, 0.4) is 0 Å². The van der Waals surface area contributed by atoms with E-state index >= 15 is 0 Å². The van der Waals surface area contributed by atoms with Crippen LogP contribution < -0.4 is 21.7 Å². The van der Waals surface area contributed by atoms with Gasteiger partial charge in [-0.3, -0.25) is 9.59 Å². The number of nitrogens with zero attached hydrogens (tertiary/aromatic N) is 2. The molecular formula is C27H49Cl3N6O6. The molecule has 4 amide bonds. The van der Waals surface area contributed by atoms with Gasteiger partial charge in [0, 0.05) is 58.2 Å². The Labute approximate surface area is 265 Å². The van der Waals surface area contributed by atoms with E-state index in [1.165, 1.54) is 6.92 Å². The van der Waals surface area contributed by atoms with Crippen molar-refractivity contribution in [1.29, 1.82) is 0 Å². The van der Waals surface area contributed by atoms with Crippen LogP contribution >= 0.6 is 34.8 Å². The predicted octanol–water partition coefficient (Wildman–Crippen LogP) is 3.31. The molecule has 0 bridgehead atoms. The number of hydrogen-bond donors (Lipinski definition) is 4. The van der Waals surface area contributed by atoms with Crippen LogP contribution in [-0.2, 0) is 19.1 Å². The first-order valence-corrected chi connectivity index (χ1v) is 15.6. The highest BCUT2D eigenvalue weighted by Crippen LogP contribution is 2.26. The summed E-state index contributed by atoms with van der Waals surface area (Å²) in [5.41, 5.74) is 5.25. The second kappa shape index (κ2) is 18.8. The first-order chi connectivity index (χ1) is 19.4. The summed E-state index contributed by atoms with van der Waals surface area (Å²) < 4.78 is 8.33. The highest BCUT2D eigenvalue weighted by atomic mass is 35.6. The predicted molar refractivity (Wildman–Crippen MR) is 165 cm³/mol. The Kier molecular flexibility index (Phi) is 17.2. The smallest absolute Gasteiger partial charge is 0.407 e. The molecule has 15 heteroatoms. The molecule has 42 heavy (non-hydrogen) atoms. The summed E-state index contributed by atoms with van der Waals surface area (Å²) in [6.07, 6.45) is 4.37. The second-order valence-electron chi connectivity index (χ2n) is 11.6. The van der Waals surface area contributed by atoms with Gasteiger partial charge in [0.1, 0.15) is 12.2 Å². The number of carbonyl (C=O) groups excluding carboxylic acids is 4. The summed E-state index contributed by atoms with van der Waals surface area (Å²) in [5.74, 6) is 0.221. The van der Waals surface area contributed by atoms with E-state index in [1.54, 1.807) is 11.8 Å². The van der Waals surface area contributed by atoms with Gasteiger partial charge in [-0.25, -0.2) is 9.59 Å². The normalized spacial score (nSPS) is 18.9. The van der Waals surface area contributed by atoms with E-state index in [0.717, 1.165) is 51.9 Å². The van der Waals surface area contributed by atoms with Crippen LogP contribution in [0.15, 0.2) is 0 Å².